The first-order valence-electron chi connectivity index (χ1n) is 3.77. The number of amides is 1. The molecule has 0 aliphatic heterocycles. The second-order valence-electron chi connectivity index (χ2n) is 2.35. The van der Waals surface area contributed by atoms with E-state index in [0.29, 0.717) is 12.8 Å². The van der Waals surface area contributed by atoms with Crippen LogP contribution < -0.4 is 5.32 Å². The van der Waals surface area contributed by atoms with Gasteiger partial charge in [0.05, 0.1) is 5.00 Å². The zero-order chi connectivity index (χ0) is 8.81. The third-order valence-electron chi connectivity index (χ3n) is 1.35. The highest BCUT2D eigenvalue weighted by Crippen LogP contribution is 2.14. The Balaban J connectivity index is 2.27. The number of carbonyl (C=O) groups excluding carboxylic acids is 1. The molecule has 1 heterocycles. The zero-order valence-corrected chi connectivity index (χ0v) is 7.43. The quantitative estimate of drug-likeness (QED) is 0.746. The van der Waals surface area contributed by atoms with Gasteiger partial charge in [-0.1, -0.05) is 0 Å². The van der Waals surface area contributed by atoms with E-state index in [-0.39, 0.29) is 12.5 Å². The SMILES string of the molecule is O=C(CCCO)Nc1cccs1. The summed E-state index contributed by atoms with van der Waals surface area (Å²) >= 11 is 1.49. The van der Waals surface area contributed by atoms with Gasteiger partial charge >= 0.3 is 0 Å². The van der Waals surface area contributed by atoms with E-state index in [1.54, 1.807) is 0 Å². The number of hydrogen-bond acceptors (Lipinski definition) is 3. The zero-order valence-electron chi connectivity index (χ0n) is 6.62. The normalized spacial score (nSPS) is 9.75. The van der Waals surface area contributed by atoms with Gasteiger partial charge in [-0.05, 0) is 23.9 Å². The number of anilines is 1. The molecule has 12 heavy (non-hydrogen) atoms. The molecule has 66 valence electrons. The van der Waals surface area contributed by atoms with Crippen LogP contribution >= 0.6 is 11.3 Å². The van der Waals surface area contributed by atoms with Crippen LogP contribution in [0.1, 0.15) is 12.8 Å². The fourth-order valence-electron chi connectivity index (χ4n) is 0.789. The lowest BCUT2D eigenvalue weighted by Gasteiger charge is -1.99. The van der Waals surface area contributed by atoms with Crippen LogP contribution in [-0.4, -0.2) is 17.6 Å². The second kappa shape index (κ2) is 4.90. The van der Waals surface area contributed by atoms with Crippen molar-refractivity contribution in [1.82, 2.24) is 0 Å². The van der Waals surface area contributed by atoms with Crippen LogP contribution in [0.2, 0.25) is 0 Å². The van der Waals surface area contributed by atoms with Gasteiger partial charge in [-0.3, -0.25) is 4.79 Å². The van der Waals surface area contributed by atoms with Crippen LogP contribution in [0.15, 0.2) is 17.5 Å². The van der Waals surface area contributed by atoms with Crippen molar-refractivity contribution in [2.75, 3.05) is 11.9 Å². The third-order valence-corrected chi connectivity index (χ3v) is 2.13. The van der Waals surface area contributed by atoms with Gasteiger partial charge in [-0.15, -0.1) is 11.3 Å². The molecule has 0 aliphatic rings. The largest absolute Gasteiger partial charge is 0.396 e. The molecule has 1 aromatic rings. The smallest absolute Gasteiger partial charge is 0.225 e. The fraction of sp³-hybridized carbons (Fsp3) is 0.375. The van der Waals surface area contributed by atoms with Gasteiger partial charge in [0, 0.05) is 13.0 Å². The summed E-state index contributed by atoms with van der Waals surface area (Å²) in [5, 5.41) is 14.0. The Bertz CT molecular complexity index is 233. The molecule has 0 saturated carbocycles. The number of aliphatic hydroxyl groups is 1. The first-order valence-corrected chi connectivity index (χ1v) is 4.65. The molecule has 1 aromatic heterocycles. The summed E-state index contributed by atoms with van der Waals surface area (Å²) in [6.07, 6.45) is 0.908. The van der Waals surface area contributed by atoms with E-state index in [1.807, 2.05) is 17.5 Å². The van der Waals surface area contributed by atoms with E-state index in [4.69, 9.17) is 5.11 Å². The Morgan fingerprint density at radius 3 is 3.08 bits per heavy atom. The Morgan fingerprint density at radius 2 is 2.50 bits per heavy atom. The predicted molar refractivity (Wildman–Crippen MR) is 49.3 cm³/mol. The minimum atomic E-state index is -0.0356. The van der Waals surface area contributed by atoms with Gasteiger partial charge in [-0.2, -0.15) is 0 Å². The molecule has 2 N–H and O–H groups in total. The molecule has 0 atom stereocenters. The minimum absolute atomic E-state index is 0.0356. The lowest BCUT2D eigenvalue weighted by molar-refractivity contribution is -0.116. The van der Waals surface area contributed by atoms with Gasteiger partial charge in [-0.25, -0.2) is 0 Å². The number of hydrogen-bond donors (Lipinski definition) is 2. The first-order chi connectivity index (χ1) is 5.83. The van der Waals surface area contributed by atoms with Crippen LogP contribution in [0, 0.1) is 0 Å². The molecule has 0 fully saturated rings. The molecular weight excluding hydrogens is 174 g/mol. The highest BCUT2D eigenvalue weighted by Gasteiger charge is 2.00. The van der Waals surface area contributed by atoms with Crippen molar-refractivity contribution in [3.05, 3.63) is 17.5 Å². The number of carbonyl (C=O) groups is 1. The summed E-state index contributed by atoms with van der Waals surface area (Å²) in [5.41, 5.74) is 0. The van der Waals surface area contributed by atoms with E-state index >= 15 is 0 Å². The van der Waals surface area contributed by atoms with Crippen LogP contribution in [0.4, 0.5) is 5.00 Å². The monoisotopic (exact) mass is 185 g/mol. The van der Waals surface area contributed by atoms with Crippen molar-refractivity contribution in [2.24, 2.45) is 0 Å². The van der Waals surface area contributed by atoms with E-state index < -0.39 is 0 Å². The van der Waals surface area contributed by atoms with Gasteiger partial charge in [0.2, 0.25) is 5.91 Å². The average molecular weight is 185 g/mol. The van der Waals surface area contributed by atoms with Crippen molar-refractivity contribution >= 4 is 22.2 Å². The summed E-state index contributed by atoms with van der Waals surface area (Å²) in [6, 6.07) is 3.73. The minimum Gasteiger partial charge on any atom is -0.396 e. The summed E-state index contributed by atoms with van der Waals surface area (Å²) in [6.45, 7) is 0.0673. The van der Waals surface area contributed by atoms with Crippen LogP contribution in [0.3, 0.4) is 0 Å². The molecule has 0 aromatic carbocycles. The molecule has 0 unspecified atom stereocenters. The van der Waals surface area contributed by atoms with Crippen LogP contribution in [0.5, 0.6) is 0 Å². The van der Waals surface area contributed by atoms with Crippen molar-refractivity contribution < 1.29 is 9.90 Å². The molecule has 0 aliphatic carbocycles. The highest BCUT2D eigenvalue weighted by molar-refractivity contribution is 7.14. The molecule has 4 heteroatoms. The Morgan fingerprint density at radius 1 is 1.67 bits per heavy atom. The van der Waals surface area contributed by atoms with Gasteiger partial charge in [0.25, 0.3) is 0 Å². The second-order valence-corrected chi connectivity index (χ2v) is 3.30. The molecule has 3 nitrogen and oxygen atoms in total. The van der Waals surface area contributed by atoms with Crippen molar-refractivity contribution in [3.8, 4) is 0 Å². The molecule has 1 amide bonds. The summed E-state index contributed by atoms with van der Waals surface area (Å²) in [5.74, 6) is -0.0356. The van der Waals surface area contributed by atoms with E-state index in [2.05, 4.69) is 5.32 Å². The number of thiophene rings is 1. The van der Waals surface area contributed by atoms with Gasteiger partial charge in [0.15, 0.2) is 0 Å². The first kappa shape index (κ1) is 9.22. The van der Waals surface area contributed by atoms with Crippen molar-refractivity contribution in [2.45, 2.75) is 12.8 Å². The van der Waals surface area contributed by atoms with Gasteiger partial charge in [0.1, 0.15) is 0 Å². The summed E-state index contributed by atoms with van der Waals surface area (Å²) in [7, 11) is 0. The number of rotatable bonds is 4. The number of aliphatic hydroxyl groups excluding tert-OH is 1. The summed E-state index contributed by atoms with van der Waals surface area (Å²) < 4.78 is 0. The molecule has 0 radical (unpaired) electrons. The van der Waals surface area contributed by atoms with Crippen molar-refractivity contribution in [1.29, 1.82) is 0 Å². The highest BCUT2D eigenvalue weighted by atomic mass is 32.1. The third kappa shape index (κ3) is 3.02. The topological polar surface area (TPSA) is 49.3 Å². The maximum absolute atomic E-state index is 11.1. The Kier molecular flexibility index (Phi) is 3.76. The molecule has 1 rings (SSSR count). The lowest BCUT2D eigenvalue weighted by Crippen LogP contribution is -2.10. The Hall–Kier alpha value is -0.870. The van der Waals surface area contributed by atoms with Crippen molar-refractivity contribution in [3.63, 3.8) is 0 Å². The predicted octanol–water partition coefficient (Wildman–Crippen LogP) is 1.46. The van der Waals surface area contributed by atoms with Crippen LogP contribution in [-0.2, 0) is 4.79 Å². The molecular formula is C8H11NO2S. The van der Waals surface area contributed by atoms with Crippen LogP contribution in [0.25, 0.3) is 0 Å². The fourth-order valence-corrected chi connectivity index (χ4v) is 1.42. The van der Waals surface area contributed by atoms with Gasteiger partial charge < -0.3 is 10.4 Å². The van der Waals surface area contributed by atoms with E-state index in [1.165, 1.54) is 11.3 Å². The standard InChI is InChI=1S/C8H11NO2S/c10-5-1-3-7(11)9-8-4-2-6-12-8/h2,4,6,10H,1,3,5H2,(H,9,11). The maximum Gasteiger partial charge on any atom is 0.225 e. The molecule has 0 spiro atoms. The van der Waals surface area contributed by atoms with E-state index in [9.17, 15) is 4.79 Å². The number of nitrogens with one attached hydrogen (secondary N) is 1. The Labute approximate surface area is 75.0 Å². The maximum atomic E-state index is 11.1. The van der Waals surface area contributed by atoms with E-state index in [0.717, 1.165) is 5.00 Å². The molecule has 0 bridgehead atoms. The lowest BCUT2D eigenvalue weighted by atomic mass is 10.3. The molecule has 0 saturated heterocycles. The average Bonchev–Trinajstić information content (AvgIpc) is 2.53. The summed E-state index contributed by atoms with van der Waals surface area (Å²) in [4.78, 5) is 11.1.